The Morgan fingerprint density at radius 3 is 2.81 bits per heavy atom. The summed E-state index contributed by atoms with van der Waals surface area (Å²) in [4.78, 5) is 16.8. The topological polar surface area (TPSA) is 94.5 Å². The molecule has 1 aliphatic carbocycles. The first-order chi connectivity index (χ1) is 12.5. The van der Waals surface area contributed by atoms with Gasteiger partial charge in [0.25, 0.3) is 5.91 Å². The molecule has 1 fully saturated rings. The number of nitrogens with zero attached hydrogens (tertiary/aromatic N) is 1. The Bertz CT molecular complexity index is 805. The highest BCUT2D eigenvalue weighted by Crippen LogP contribution is 2.29. The van der Waals surface area contributed by atoms with Gasteiger partial charge in [0.2, 0.25) is 0 Å². The number of carbonyl (C=O) groups excluding carboxylic acids is 1. The highest BCUT2D eigenvalue weighted by molar-refractivity contribution is 9.10. The van der Waals surface area contributed by atoms with Crippen molar-refractivity contribution in [2.24, 2.45) is 0 Å². The van der Waals surface area contributed by atoms with E-state index in [0.717, 1.165) is 10.9 Å². The highest BCUT2D eigenvalue weighted by Gasteiger charge is 2.32. The minimum Gasteiger partial charge on any atom is -0.390 e. The molecule has 0 saturated heterocycles. The zero-order valence-corrected chi connectivity index (χ0v) is 16.2. The fourth-order valence-electron chi connectivity index (χ4n) is 2.99. The van der Waals surface area contributed by atoms with E-state index in [-0.39, 0.29) is 5.91 Å². The molecule has 1 aromatic heterocycles. The smallest absolute Gasteiger partial charge is 0.253 e. The number of hydrogen-bond acceptors (Lipinski definition) is 5. The SMILES string of the molecule is O=C(N[C@H]1CCCC(O)C1O)c1ccncc1Nc1ccc(Br)cc1Cl. The predicted octanol–water partition coefficient (Wildman–Crippen LogP) is 3.25. The summed E-state index contributed by atoms with van der Waals surface area (Å²) in [5.74, 6) is -0.346. The first-order valence-corrected chi connectivity index (χ1v) is 9.46. The van der Waals surface area contributed by atoms with Crippen molar-refractivity contribution in [2.75, 3.05) is 5.32 Å². The van der Waals surface area contributed by atoms with Crippen LogP contribution in [0.2, 0.25) is 5.02 Å². The molecule has 3 atom stereocenters. The van der Waals surface area contributed by atoms with E-state index in [1.807, 2.05) is 6.07 Å². The molecule has 1 heterocycles. The first-order valence-electron chi connectivity index (χ1n) is 8.29. The minimum atomic E-state index is -0.966. The predicted molar refractivity (Wildman–Crippen MR) is 104 cm³/mol. The Kier molecular flexibility index (Phi) is 6.13. The lowest BCUT2D eigenvalue weighted by Gasteiger charge is -2.32. The molecule has 1 amide bonds. The molecule has 2 unspecified atom stereocenters. The van der Waals surface area contributed by atoms with Crippen molar-refractivity contribution in [3.8, 4) is 0 Å². The molecular formula is C18H19BrClN3O3. The number of amides is 1. The third-order valence-electron chi connectivity index (χ3n) is 4.40. The van der Waals surface area contributed by atoms with Gasteiger partial charge in [-0.2, -0.15) is 0 Å². The summed E-state index contributed by atoms with van der Waals surface area (Å²) in [5, 5.41) is 26.3. The van der Waals surface area contributed by atoms with Gasteiger partial charge in [0.1, 0.15) is 0 Å². The lowest BCUT2D eigenvalue weighted by molar-refractivity contribution is -0.0277. The van der Waals surface area contributed by atoms with Crippen molar-refractivity contribution >= 4 is 44.8 Å². The summed E-state index contributed by atoms with van der Waals surface area (Å²) < 4.78 is 0.849. The molecule has 26 heavy (non-hydrogen) atoms. The average Bonchev–Trinajstić information content (AvgIpc) is 2.62. The van der Waals surface area contributed by atoms with Crippen molar-refractivity contribution in [1.29, 1.82) is 0 Å². The number of anilines is 2. The largest absolute Gasteiger partial charge is 0.390 e. The number of carbonyl (C=O) groups is 1. The van der Waals surface area contributed by atoms with Crippen LogP contribution in [0.25, 0.3) is 0 Å². The van der Waals surface area contributed by atoms with Crippen LogP contribution in [0, 0.1) is 0 Å². The third kappa shape index (κ3) is 4.35. The number of benzene rings is 1. The second kappa shape index (κ2) is 8.35. The Balaban J connectivity index is 1.79. The Hall–Kier alpha value is -1.67. The zero-order chi connectivity index (χ0) is 18.7. The van der Waals surface area contributed by atoms with E-state index in [9.17, 15) is 15.0 Å². The number of aromatic nitrogens is 1. The van der Waals surface area contributed by atoms with Gasteiger partial charge in [-0.3, -0.25) is 9.78 Å². The summed E-state index contributed by atoms with van der Waals surface area (Å²) in [5.41, 5.74) is 1.52. The molecule has 4 N–H and O–H groups in total. The monoisotopic (exact) mass is 439 g/mol. The van der Waals surface area contributed by atoms with Crippen LogP contribution in [0.3, 0.4) is 0 Å². The van der Waals surface area contributed by atoms with Crippen molar-refractivity contribution < 1.29 is 15.0 Å². The summed E-state index contributed by atoms with van der Waals surface area (Å²) in [6.45, 7) is 0. The number of nitrogens with one attached hydrogen (secondary N) is 2. The minimum absolute atomic E-state index is 0.346. The Morgan fingerprint density at radius 2 is 2.04 bits per heavy atom. The lowest BCUT2D eigenvalue weighted by Crippen LogP contribution is -2.51. The van der Waals surface area contributed by atoms with Crippen LogP contribution in [0.15, 0.2) is 41.1 Å². The van der Waals surface area contributed by atoms with Gasteiger partial charge in [0, 0.05) is 10.7 Å². The number of aliphatic hydroxyl groups is 2. The molecule has 6 nitrogen and oxygen atoms in total. The van der Waals surface area contributed by atoms with Gasteiger partial charge < -0.3 is 20.8 Å². The molecule has 1 saturated carbocycles. The number of rotatable bonds is 4. The van der Waals surface area contributed by atoms with Crippen molar-refractivity contribution in [3.63, 3.8) is 0 Å². The van der Waals surface area contributed by atoms with Crippen LogP contribution in [-0.2, 0) is 0 Å². The van der Waals surface area contributed by atoms with E-state index >= 15 is 0 Å². The summed E-state index contributed by atoms with van der Waals surface area (Å²) in [7, 11) is 0. The fraction of sp³-hybridized carbons (Fsp3) is 0.333. The van der Waals surface area contributed by atoms with Gasteiger partial charge in [-0.25, -0.2) is 0 Å². The molecule has 1 aliphatic rings. The van der Waals surface area contributed by atoms with E-state index in [1.165, 1.54) is 6.20 Å². The number of pyridine rings is 1. The number of aliphatic hydroxyl groups excluding tert-OH is 2. The third-order valence-corrected chi connectivity index (χ3v) is 5.21. The lowest BCUT2D eigenvalue weighted by atomic mass is 9.90. The van der Waals surface area contributed by atoms with Gasteiger partial charge in [0.15, 0.2) is 0 Å². The summed E-state index contributed by atoms with van der Waals surface area (Å²) >= 11 is 9.58. The van der Waals surface area contributed by atoms with E-state index in [0.29, 0.717) is 34.8 Å². The second-order valence-electron chi connectivity index (χ2n) is 6.24. The molecule has 0 bridgehead atoms. The number of halogens is 2. The van der Waals surface area contributed by atoms with Crippen molar-refractivity contribution in [1.82, 2.24) is 10.3 Å². The van der Waals surface area contributed by atoms with Crippen molar-refractivity contribution in [3.05, 3.63) is 51.7 Å². The zero-order valence-electron chi connectivity index (χ0n) is 13.8. The van der Waals surface area contributed by atoms with Crippen LogP contribution in [0.4, 0.5) is 11.4 Å². The van der Waals surface area contributed by atoms with Gasteiger partial charge >= 0.3 is 0 Å². The van der Waals surface area contributed by atoms with Crippen LogP contribution in [0.5, 0.6) is 0 Å². The first kappa shape index (κ1) is 19.1. The van der Waals surface area contributed by atoms with Crippen LogP contribution < -0.4 is 10.6 Å². The Morgan fingerprint density at radius 1 is 1.23 bits per heavy atom. The standard InChI is InChI=1S/C18H19BrClN3O3/c19-10-4-5-13(12(20)8-10)22-15-9-21-7-6-11(15)18(26)23-14-2-1-3-16(24)17(14)25/h4-9,14,16-17,22,24-25H,1-3H2,(H,23,26)/t14-,16?,17?/m0/s1. The van der Waals surface area contributed by atoms with Crippen LogP contribution >= 0.6 is 27.5 Å². The fourth-order valence-corrected chi connectivity index (χ4v) is 3.71. The summed E-state index contributed by atoms with van der Waals surface area (Å²) in [6.07, 6.45) is 3.19. The van der Waals surface area contributed by atoms with Crippen LogP contribution in [0.1, 0.15) is 29.6 Å². The molecule has 3 rings (SSSR count). The quantitative estimate of drug-likeness (QED) is 0.585. The van der Waals surface area contributed by atoms with Crippen LogP contribution in [-0.4, -0.2) is 39.4 Å². The summed E-state index contributed by atoms with van der Waals surface area (Å²) in [6, 6.07) is 6.49. The molecule has 8 heteroatoms. The maximum Gasteiger partial charge on any atom is 0.253 e. The molecule has 2 aromatic rings. The highest BCUT2D eigenvalue weighted by atomic mass is 79.9. The molecule has 0 aliphatic heterocycles. The van der Waals surface area contributed by atoms with E-state index in [2.05, 4.69) is 31.5 Å². The molecular weight excluding hydrogens is 422 g/mol. The van der Waals surface area contributed by atoms with Crippen molar-refractivity contribution in [2.45, 2.75) is 37.5 Å². The molecule has 0 radical (unpaired) electrons. The molecule has 1 aromatic carbocycles. The van der Waals surface area contributed by atoms with E-state index in [1.54, 1.807) is 24.4 Å². The van der Waals surface area contributed by atoms with Gasteiger partial charge in [-0.15, -0.1) is 0 Å². The normalized spacial score (nSPS) is 22.7. The maximum absolute atomic E-state index is 12.7. The van der Waals surface area contributed by atoms with Gasteiger partial charge in [-0.05, 0) is 43.5 Å². The average molecular weight is 441 g/mol. The van der Waals surface area contributed by atoms with Gasteiger partial charge in [0.05, 0.1) is 46.4 Å². The molecule has 138 valence electrons. The Labute approximate surface area is 164 Å². The molecule has 0 spiro atoms. The second-order valence-corrected chi connectivity index (χ2v) is 7.56. The van der Waals surface area contributed by atoms with E-state index < -0.39 is 18.2 Å². The number of hydrogen-bond donors (Lipinski definition) is 4. The van der Waals surface area contributed by atoms with E-state index in [4.69, 9.17) is 11.6 Å². The van der Waals surface area contributed by atoms with Gasteiger partial charge in [-0.1, -0.05) is 27.5 Å². The maximum atomic E-state index is 12.7.